The Kier molecular flexibility index (Phi) is 5.08. The van der Waals surface area contributed by atoms with Crippen LogP contribution in [0.25, 0.3) is 6.08 Å². The molecule has 3 rings (SSSR count). The van der Waals surface area contributed by atoms with E-state index in [9.17, 15) is 4.79 Å². The number of aromatic amines is 1. The monoisotopic (exact) mass is 355 g/mol. The van der Waals surface area contributed by atoms with E-state index in [4.69, 9.17) is 4.52 Å². The third-order valence-electron chi connectivity index (χ3n) is 5.04. The van der Waals surface area contributed by atoms with Crippen LogP contribution in [0.4, 0.5) is 0 Å². The second-order valence-corrected chi connectivity index (χ2v) is 6.44. The van der Waals surface area contributed by atoms with Crippen molar-refractivity contribution in [3.8, 4) is 0 Å². The molecule has 3 heterocycles. The van der Waals surface area contributed by atoms with Crippen molar-refractivity contribution in [3.63, 3.8) is 0 Å². The molecule has 26 heavy (non-hydrogen) atoms. The molecule has 0 aliphatic carbocycles. The molecule has 7 nitrogen and oxygen atoms in total. The molecule has 2 aromatic rings. The van der Waals surface area contributed by atoms with Gasteiger partial charge in [-0.25, -0.2) is 5.43 Å². The number of rotatable bonds is 6. The van der Waals surface area contributed by atoms with Crippen LogP contribution >= 0.6 is 0 Å². The Labute approximate surface area is 153 Å². The highest BCUT2D eigenvalue weighted by Crippen LogP contribution is 2.30. The standard InChI is InChI=1S/C19H25N5O2/c1-6-24(7-2)13(5)17-11(3)15(21-12(17)4)10-14-18(22-23-19(14)25)16-8-9-20-26-16/h8-10,13,21H,6-7H2,1-5H3,(H,23,25)/b14-10+. The first kappa shape index (κ1) is 18.1. The summed E-state index contributed by atoms with van der Waals surface area (Å²) in [5.41, 5.74) is 7.88. The quantitative estimate of drug-likeness (QED) is 0.780. The first-order chi connectivity index (χ1) is 12.5. The Balaban J connectivity index is 2.00. The van der Waals surface area contributed by atoms with Crippen molar-refractivity contribution < 1.29 is 9.32 Å². The minimum absolute atomic E-state index is 0.249. The number of hydrogen-bond acceptors (Lipinski definition) is 5. The molecule has 0 aromatic carbocycles. The summed E-state index contributed by atoms with van der Waals surface area (Å²) < 4.78 is 5.16. The van der Waals surface area contributed by atoms with Crippen LogP contribution in [0.2, 0.25) is 0 Å². The van der Waals surface area contributed by atoms with E-state index in [1.54, 1.807) is 6.07 Å². The highest BCUT2D eigenvalue weighted by Gasteiger charge is 2.28. The zero-order valence-corrected chi connectivity index (χ0v) is 15.9. The predicted octanol–water partition coefficient (Wildman–Crippen LogP) is 2.94. The normalized spacial score (nSPS) is 17.1. The number of nitrogens with one attached hydrogen (secondary N) is 2. The van der Waals surface area contributed by atoms with Crippen LogP contribution in [0.5, 0.6) is 0 Å². The summed E-state index contributed by atoms with van der Waals surface area (Å²) in [5, 5.41) is 7.77. The third-order valence-corrected chi connectivity index (χ3v) is 5.04. The van der Waals surface area contributed by atoms with Gasteiger partial charge in [-0.2, -0.15) is 5.10 Å². The van der Waals surface area contributed by atoms with Gasteiger partial charge in [0, 0.05) is 23.5 Å². The van der Waals surface area contributed by atoms with E-state index < -0.39 is 0 Å². The maximum atomic E-state index is 12.2. The van der Waals surface area contributed by atoms with E-state index in [1.807, 2.05) is 6.08 Å². The van der Waals surface area contributed by atoms with Gasteiger partial charge in [-0.3, -0.25) is 9.69 Å². The zero-order valence-electron chi connectivity index (χ0n) is 15.9. The highest BCUT2D eigenvalue weighted by molar-refractivity contribution is 6.32. The molecular weight excluding hydrogens is 330 g/mol. The minimum atomic E-state index is -0.249. The van der Waals surface area contributed by atoms with Crippen LogP contribution in [0.3, 0.4) is 0 Å². The second kappa shape index (κ2) is 7.29. The van der Waals surface area contributed by atoms with Crippen molar-refractivity contribution in [3.05, 3.63) is 46.1 Å². The first-order valence-electron chi connectivity index (χ1n) is 8.92. The van der Waals surface area contributed by atoms with Crippen LogP contribution in [0, 0.1) is 13.8 Å². The molecule has 1 aliphatic rings. The molecule has 7 heteroatoms. The maximum absolute atomic E-state index is 12.2. The lowest BCUT2D eigenvalue weighted by molar-refractivity contribution is -0.116. The largest absolute Gasteiger partial charge is 0.359 e. The van der Waals surface area contributed by atoms with Gasteiger partial charge in [0.05, 0.1) is 11.8 Å². The number of H-pyrrole nitrogens is 1. The molecule has 0 radical (unpaired) electrons. The van der Waals surface area contributed by atoms with E-state index >= 15 is 0 Å². The van der Waals surface area contributed by atoms with Crippen molar-refractivity contribution in [2.45, 2.75) is 40.7 Å². The molecular formula is C19H25N5O2. The number of amides is 1. The van der Waals surface area contributed by atoms with Gasteiger partial charge in [0.1, 0.15) is 5.71 Å². The lowest BCUT2D eigenvalue weighted by atomic mass is 10.0. The predicted molar refractivity (Wildman–Crippen MR) is 101 cm³/mol. The molecule has 138 valence electrons. The number of aryl methyl sites for hydroxylation is 1. The molecule has 0 spiro atoms. The first-order valence-corrected chi connectivity index (χ1v) is 8.92. The van der Waals surface area contributed by atoms with Crippen molar-refractivity contribution in [2.24, 2.45) is 5.10 Å². The van der Waals surface area contributed by atoms with Gasteiger partial charge in [-0.15, -0.1) is 0 Å². The topological polar surface area (TPSA) is 86.5 Å². The second-order valence-electron chi connectivity index (χ2n) is 6.44. The summed E-state index contributed by atoms with van der Waals surface area (Å²) >= 11 is 0. The van der Waals surface area contributed by atoms with Crippen molar-refractivity contribution >= 4 is 17.7 Å². The smallest absolute Gasteiger partial charge is 0.273 e. The molecule has 1 amide bonds. The van der Waals surface area contributed by atoms with Crippen LogP contribution in [0.15, 0.2) is 27.5 Å². The number of nitrogens with zero attached hydrogens (tertiary/aromatic N) is 3. The molecule has 1 aliphatic heterocycles. The number of aromatic nitrogens is 2. The van der Waals surface area contributed by atoms with Crippen LogP contribution in [-0.2, 0) is 4.79 Å². The Bertz CT molecular complexity index is 857. The fourth-order valence-corrected chi connectivity index (χ4v) is 3.65. The third kappa shape index (κ3) is 3.10. The van der Waals surface area contributed by atoms with Crippen molar-refractivity contribution in [1.29, 1.82) is 0 Å². The maximum Gasteiger partial charge on any atom is 0.273 e. The van der Waals surface area contributed by atoms with Gasteiger partial charge >= 0.3 is 0 Å². The molecule has 0 fully saturated rings. The molecule has 0 saturated carbocycles. The Morgan fingerprint density at radius 3 is 2.65 bits per heavy atom. The fraction of sp³-hybridized carbons (Fsp3) is 0.421. The summed E-state index contributed by atoms with van der Waals surface area (Å²) in [6, 6.07) is 1.99. The molecule has 1 unspecified atom stereocenters. The lowest BCUT2D eigenvalue weighted by Crippen LogP contribution is -2.27. The lowest BCUT2D eigenvalue weighted by Gasteiger charge is -2.27. The van der Waals surface area contributed by atoms with Crippen molar-refractivity contribution in [1.82, 2.24) is 20.5 Å². The Morgan fingerprint density at radius 2 is 2.04 bits per heavy atom. The molecule has 1 atom stereocenters. The van der Waals surface area contributed by atoms with Gasteiger partial charge in [0.15, 0.2) is 5.76 Å². The van der Waals surface area contributed by atoms with E-state index in [0.717, 1.165) is 30.0 Å². The van der Waals surface area contributed by atoms with Gasteiger partial charge in [0.25, 0.3) is 5.91 Å². The summed E-state index contributed by atoms with van der Waals surface area (Å²) in [6.07, 6.45) is 3.37. The molecule has 0 saturated heterocycles. The van der Waals surface area contributed by atoms with Crippen LogP contribution < -0.4 is 5.43 Å². The van der Waals surface area contributed by atoms with E-state index in [2.05, 4.69) is 60.2 Å². The zero-order chi connectivity index (χ0) is 18.8. The Hall–Kier alpha value is -2.67. The summed E-state index contributed by atoms with van der Waals surface area (Å²) in [7, 11) is 0. The summed E-state index contributed by atoms with van der Waals surface area (Å²) in [5.74, 6) is 0.216. The summed E-state index contributed by atoms with van der Waals surface area (Å²) in [4.78, 5) is 18.1. The van der Waals surface area contributed by atoms with E-state index in [0.29, 0.717) is 23.1 Å². The van der Waals surface area contributed by atoms with Crippen LogP contribution in [0.1, 0.15) is 55.1 Å². The van der Waals surface area contributed by atoms with Gasteiger partial charge < -0.3 is 9.51 Å². The van der Waals surface area contributed by atoms with Crippen molar-refractivity contribution in [2.75, 3.05) is 13.1 Å². The fourth-order valence-electron chi connectivity index (χ4n) is 3.65. The highest BCUT2D eigenvalue weighted by atomic mass is 16.5. The SMILES string of the molecule is CCN(CC)C(C)c1c(C)[nH]c(/C=C2/C(=O)NN=C2c2ccno2)c1C. The van der Waals surface area contributed by atoms with Crippen LogP contribution in [-0.4, -0.2) is 39.7 Å². The number of carbonyl (C=O) groups excluding carboxylic acids is 1. The summed E-state index contributed by atoms with van der Waals surface area (Å²) in [6.45, 7) is 12.7. The van der Waals surface area contributed by atoms with Gasteiger partial charge in [0.2, 0.25) is 0 Å². The average Bonchev–Trinajstić information content (AvgIpc) is 3.31. The van der Waals surface area contributed by atoms with Gasteiger partial charge in [-0.1, -0.05) is 19.0 Å². The Morgan fingerprint density at radius 1 is 1.31 bits per heavy atom. The van der Waals surface area contributed by atoms with E-state index in [-0.39, 0.29) is 5.91 Å². The number of carbonyl (C=O) groups is 1. The molecule has 2 aromatic heterocycles. The van der Waals surface area contributed by atoms with Gasteiger partial charge in [-0.05, 0) is 51.1 Å². The molecule has 0 bridgehead atoms. The number of hydrazone groups is 1. The number of hydrogen-bond donors (Lipinski definition) is 2. The molecule has 2 N–H and O–H groups in total. The average molecular weight is 355 g/mol. The minimum Gasteiger partial charge on any atom is -0.359 e. The van der Waals surface area contributed by atoms with E-state index in [1.165, 1.54) is 11.8 Å².